The number of rotatable bonds is 5. The van der Waals surface area contributed by atoms with Crippen LogP contribution >= 0.6 is 22.9 Å². The highest BCUT2D eigenvalue weighted by Crippen LogP contribution is 2.38. The fourth-order valence-electron chi connectivity index (χ4n) is 2.62. The first-order valence-electron chi connectivity index (χ1n) is 8.15. The van der Waals surface area contributed by atoms with E-state index in [-0.39, 0.29) is 19.3 Å². The molecule has 138 valence electrons. The molecular weight excluding hydrogens is 388 g/mol. The Balaban J connectivity index is 1.44. The zero-order valence-corrected chi connectivity index (χ0v) is 15.9. The molecule has 2 aromatic carbocycles. The largest absolute Gasteiger partial charge is 0.482 e. The third kappa shape index (κ3) is 3.84. The number of para-hydroxylation sites is 1. The SMILES string of the molecule is Cc1sc(NC(=O)COc2ccccc2Cl)nc1-c1ccc2c(c1)OCO2. The summed E-state index contributed by atoms with van der Waals surface area (Å²) >= 11 is 7.41. The highest BCUT2D eigenvalue weighted by atomic mass is 35.5. The van der Waals surface area contributed by atoms with Gasteiger partial charge in [0, 0.05) is 10.4 Å². The quantitative estimate of drug-likeness (QED) is 0.679. The van der Waals surface area contributed by atoms with E-state index in [1.54, 1.807) is 24.3 Å². The highest BCUT2D eigenvalue weighted by molar-refractivity contribution is 7.16. The van der Waals surface area contributed by atoms with Gasteiger partial charge in [0.15, 0.2) is 23.2 Å². The Hall–Kier alpha value is -2.77. The molecule has 8 heteroatoms. The zero-order chi connectivity index (χ0) is 18.8. The molecule has 0 saturated carbocycles. The van der Waals surface area contributed by atoms with Crippen LogP contribution in [0.5, 0.6) is 17.2 Å². The number of carbonyl (C=O) groups is 1. The van der Waals surface area contributed by atoms with Gasteiger partial charge in [-0.25, -0.2) is 4.98 Å². The Bertz CT molecular complexity index is 1010. The maximum Gasteiger partial charge on any atom is 0.264 e. The molecule has 6 nitrogen and oxygen atoms in total. The van der Waals surface area contributed by atoms with Crippen molar-refractivity contribution in [1.82, 2.24) is 4.98 Å². The summed E-state index contributed by atoms with van der Waals surface area (Å²) in [6.45, 7) is 2.02. The fourth-order valence-corrected chi connectivity index (χ4v) is 3.66. The molecule has 4 rings (SSSR count). The molecule has 0 bridgehead atoms. The van der Waals surface area contributed by atoms with Crippen molar-refractivity contribution < 1.29 is 19.0 Å². The number of amides is 1. The molecule has 1 amide bonds. The number of halogens is 1. The van der Waals surface area contributed by atoms with Crippen LogP contribution in [0.3, 0.4) is 0 Å². The highest BCUT2D eigenvalue weighted by Gasteiger charge is 2.17. The average molecular weight is 403 g/mol. The molecule has 0 radical (unpaired) electrons. The van der Waals surface area contributed by atoms with Gasteiger partial charge in [-0.1, -0.05) is 23.7 Å². The van der Waals surface area contributed by atoms with Crippen LogP contribution in [0, 0.1) is 6.92 Å². The smallest absolute Gasteiger partial charge is 0.264 e. The van der Waals surface area contributed by atoms with Gasteiger partial charge in [-0.3, -0.25) is 10.1 Å². The Labute approximate surface area is 164 Å². The fraction of sp³-hybridized carbons (Fsp3) is 0.158. The predicted octanol–water partition coefficient (Wildman–Crippen LogP) is 4.52. The summed E-state index contributed by atoms with van der Waals surface area (Å²) in [5.74, 6) is 1.57. The van der Waals surface area contributed by atoms with Gasteiger partial charge in [-0.2, -0.15) is 0 Å². The number of nitrogens with zero attached hydrogens (tertiary/aromatic N) is 1. The van der Waals surface area contributed by atoms with E-state index < -0.39 is 0 Å². The van der Waals surface area contributed by atoms with E-state index in [9.17, 15) is 4.79 Å². The summed E-state index contributed by atoms with van der Waals surface area (Å²) in [7, 11) is 0. The number of aryl methyl sites for hydroxylation is 1. The Morgan fingerprint density at radius 1 is 1.26 bits per heavy atom. The van der Waals surface area contributed by atoms with E-state index >= 15 is 0 Å². The summed E-state index contributed by atoms with van der Waals surface area (Å²) in [5.41, 5.74) is 1.70. The second-order valence-electron chi connectivity index (χ2n) is 5.76. The second-order valence-corrected chi connectivity index (χ2v) is 7.37. The van der Waals surface area contributed by atoms with Crippen LogP contribution in [0.25, 0.3) is 11.3 Å². The summed E-state index contributed by atoms with van der Waals surface area (Å²) in [6.07, 6.45) is 0. The molecule has 0 fully saturated rings. The minimum atomic E-state index is -0.305. The van der Waals surface area contributed by atoms with Gasteiger partial charge in [-0.05, 0) is 37.3 Å². The monoisotopic (exact) mass is 402 g/mol. The minimum Gasteiger partial charge on any atom is -0.482 e. The van der Waals surface area contributed by atoms with Crippen LogP contribution in [0.1, 0.15) is 4.88 Å². The van der Waals surface area contributed by atoms with Crippen LogP contribution in [-0.4, -0.2) is 24.3 Å². The molecule has 0 unspecified atom stereocenters. The van der Waals surface area contributed by atoms with Gasteiger partial charge in [0.05, 0.1) is 10.7 Å². The summed E-state index contributed by atoms with van der Waals surface area (Å²) in [4.78, 5) is 17.7. The molecule has 3 aromatic rings. The van der Waals surface area contributed by atoms with Gasteiger partial charge >= 0.3 is 0 Å². The van der Waals surface area contributed by atoms with E-state index in [0.717, 1.165) is 21.9 Å². The van der Waals surface area contributed by atoms with Crippen LogP contribution in [0.4, 0.5) is 5.13 Å². The van der Waals surface area contributed by atoms with Gasteiger partial charge in [0.2, 0.25) is 6.79 Å². The molecule has 0 aliphatic carbocycles. The van der Waals surface area contributed by atoms with Crippen LogP contribution in [0.15, 0.2) is 42.5 Å². The van der Waals surface area contributed by atoms with Crippen molar-refractivity contribution in [2.24, 2.45) is 0 Å². The van der Waals surface area contributed by atoms with E-state index in [0.29, 0.717) is 21.7 Å². The van der Waals surface area contributed by atoms with Crippen molar-refractivity contribution in [1.29, 1.82) is 0 Å². The van der Waals surface area contributed by atoms with Crippen molar-refractivity contribution in [3.8, 4) is 28.5 Å². The number of carbonyl (C=O) groups excluding carboxylic acids is 1. The third-order valence-corrected chi connectivity index (χ3v) is 5.08. The maximum atomic E-state index is 12.2. The van der Waals surface area contributed by atoms with Gasteiger partial charge in [0.1, 0.15) is 5.75 Å². The minimum absolute atomic E-state index is 0.151. The topological polar surface area (TPSA) is 69.7 Å². The molecule has 0 saturated heterocycles. The first kappa shape index (κ1) is 17.6. The van der Waals surface area contributed by atoms with Crippen LogP contribution in [-0.2, 0) is 4.79 Å². The van der Waals surface area contributed by atoms with Crippen molar-refractivity contribution in [3.63, 3.8) is 0 Å². The lowest BCUT2D eigenvalue weighted by atomic mass is 10.1. The summed E-state index contributed by atoms with van der Waals surface area (Å²) in [5, 5.41) is 3.73. The number of fused-ring (bicyclic) bond motifs is 1. The molecule has 0 atom stereocenters. The van der Waals surface area contributed by atoms with Crippen molar-refractivity contribution in [3.05, 3.63) is 52.4 Å². The van der Waals surface area contributed by atoms with Gasteiger partial charge < -0.3 is 14.2 Å². The zero-order valence-electron chi connectivity index (χ0n) is 14.3. The van der Waals surface area contributed by atoms with Gasteiger partial charge in [-0.15, -0.1) is 11.3 Å². The molecule has 2 heterocycles. The predicted molar refractivity (Wildman–Crippen MR) is 104 cm³/mol. The van der Waals surface area contributed by atoms with Crippen LogP contribution < -0.4 is 19.5 Å². The molecule has 1 aromatic heterocycles. The molecular formula is C19H15ClN2O4S. The Kier molecular flexibility index (Phi) is 4.87. The van der Waals surface area contributed by atoms with E-state index in [2.05, 4.69) is 10.3 Å². The number of hydrogen-bond donors (Lipinski definition) is 1. The van der Waals surface area contributed by atoms with Crippen molar-refractivity contribution >= 4 is 34.0 Å². The normalized spacial score (nSPS) is 12.1. The lowest BCUT2D eigenvalue weighted by molar-refractivity contribution is -0.118. The molecule has 0 spiro atoms. The number of aromatic nitrogens is 1. The Morgan fingerprint density at radius 2 is 2.07 bits per heavy atom. The number of anilines is 1. The van der Waals surface area contributed by atoms with E-state index in [4.69, 9.17) is 25.8 Å². The number of ether oxygens (including phenoxy) is 3. The lowest BCUT2D eigenvalue weighted by Gasteiger charge is -2.07. The first-order chi connectivity index (χ1) is 13.1. The lowest BCUT2D eigenvalue weighted by Crippen LogP contribution is -2.20. The average Bonchev–Trinajstić information content (AvgIpc) is 3.26. The maximum absolute atomic E-state index is 12.2. The summed E-state index contributed by atoms with van der Waals surface area (Å²) in [6, 6.07) is 12.7. The molecule has 1 aliphatic rings. The first-order valence-corrected chi connectivity index (χ1v) is 9.34. The summed E-state index contributed by atoms with van der Waals surface area (Å²) < 4.78 is 16.2. The van der Waals surface area contributed by atoms with Crippen LogP contribution in [0.2, 0.25) is 5.02 Å². The van der Waals surface area contributed by atoms with E-state index in [1.165, 1.54) is 11.3 Å². The molecule has 1 N–H and O–H groups in total. The Morgan fingerprint density at radius 3 is 2.93 bits per heavy atom. The number of nitrogens with one attached hydrogen (secondary N) is 1. The third-order valence-electron chi connectivity index (χ3n) is 3.88. The van der Waals surface area contributed by atoms with Gasteiger partial charge in [0.25, 0.3) is 5.91 Å². The van der Waals surface area contributed by atoms with E-state index in [1.807, 2.05) is 25.1 Å². The number of thiazole rings is 1. The van der Waals surface area contributed by atoms with Crippen molar-refractivity contribution in [2.75, 3.05) is 18.7 Å². The second kappa shape index (κ2) is 7.46. The standard InChI is InChI=1S/C19H15ClN2O4S/c1-11-18(12-6-7-15-16(8-12)26-10-25-15)22-19(27-11)21-17(23)9-24-14-5-3-2-4-13(14)20/h2-8H,9-10H2,1H3,(H,21,22,23). The molecule has 1 aliphatic heterocycles. The number of benzene rings is 2. The van der Waals surface area contributed by atoms with Crippen molar-refractivity contribution in [2.45, 2.75) is 6.92 Å². The molecule has 27 heavy (non-hydrogen) atoms. The number of hydrogen-bond acceptors (Lipinski definition) is 6.